The summed E-state index contributed by atoms with van der Waals surface area (Å²) in [7, 11) is 1.14. The number of aliphatic hydroxyl groups excluding tert-OH is 1. The van der Waals surface area contributed by atoms with E-state index in [-0.39, 0.29) is 17.9 Å². The zero-order chi connectivity index (χ0) is 12.8. The van der Waals surface area contributed by atoms with Gasteiger partial charge >= 0.3 is 5.97 Å². The molecule has 0 saturated heterocycles. The molecular formula is C11H13NO5. The maximum absolute atomic E-state index is 11.5. The molecule has 1 aromatic rings. The number of aromatic hydroxyl groups is 1. The lowest BCUT2D eigenvalue weighted by molar-refractivity contribution is -0.149. The first-order valence-electron chi connectivity index (χ1n) is 4.87. The number of nitrogens with one attached hydrogen (secondary N) is 1. The van der Waals surface area contributed by atoms with Crippen LogP contribution >= 0.6 is 0 Å². The van der Waals surface area contributed by atoms with Crippen molar-refractivity contribution < 1.29 is 24.5 Å². The molecule has 1 atom stereocenters. The molecule has 0 fully saturated rings. The molecule has 1 amide bonds. The van der Waals surface area contributed by atoms with Crippen LogP contribution in [0.4, 0.5) is 0 Å². The molecule has 3 N–H and O–H groups in total. The zero-order valence-electron chi connectivity index (χ0n) is 9.21. The van der Waals surface area contributed by atoms with Gasteiger partial charge in [-0.05, 0) is 18.2 Å². The van der Waals surface area contributed by atoms with Crippen LogP contribution in [0.15, 0.2) is 24.3 Å². The smallest absolute Gasteiger partial charge is 0.336 e. The molecule has 1 aromatic carbocycles. The molecule has 0 heterocycles. The quantitative estimate of drug-likeness (QED) is 0.624. The van der Waals surface area contributed by atoms with Gasteiger partial charge in [-0.1, -0.05) is 6.07 Å². The number of rotatable bonds is 4. The Morgan fingerprint density at radius 3 is 2.76 bits per heavy atom. The number of benzene rings is 1. The maximum atomic E-state index is 11.5. The highest BCUT2D eigenvalue weighted by atomic mass is 16.5. The molecule has 0 saturated carbocycles. The highest BCUT2D eigenvalue weighted by Crippen LogP contribution is 2.10. The number of phenols is 1. The minimum Gasteiger partial charge on any atom is -0.508 e. The van der Waals surface area contributed by atoms with Gasteiger partial charge in [0.15, 0.2) is 6.10 Å². The Morgan fingerprint density at radius 2 is 2.18 bits per heavy atom. The Bertz CT molecular complexity index is 418. The Kier molecular flexibility index (Phi) is 4.47. The fraction of sp³-hybridized carbons (Fsp3) is 0.273. The van der Waals surface area contributed by atoms with Gasteiger partial charge in [0.25, 0.3) is 5.91 Å². The normalized spacial score (nSPS) is 11.6. The molecule has 92 valence electrons. The highest BCUT2D eigenvalue weighted by Gasteiger charge is 2.16. The van der Waals surface area contributed by atoms with Crippen LogP contribution in [0.1, 0.15) is 10.4 Å². The summed E-state index contributed by atoms with van der Waals surface area (Å²) in [6, 6.07) is 5.72. The molecule has 0 aliphatic heterocycles. The van der Waals surface area contributed by atoms with E-state index in [1.165, 1.54) is 24.3 Å². The SMILES string of the molecule is COC(=O)C(O)CNC(=O)c1cccc(O)c1. The second-order valence-electron chi connectivity index (χ2n) is 3.30. The van der Waals surface area contributed by atoms with Crippen molar-refractivity contribution in [3.63, 3.8) is 0 Å². The number of amides is 1. The van der Waals surface area contributed by atoms with Crippen LogP contribution < -0.4 is 5.32 Å². The molecular weight excluding hydrogens is 226 g/mol. The number of ether oxygens (including phenoxy) is 1. The van der Waals surface area contributed by atoms with Gasteiger partial charge in [0.1, 0.15) is 5.75 Å². The minimum atomic E-state index is -1.40. The van der Waals surface area contributed by atoms with Crippen molar-refractivity contribution in [1.29, 1.82) is 0 Å². The minimum absolute atomic E-state index is 0.0360. The number of phenolic OH excluding ortho intramolecular Hbond substituents is 1. The molecule has 0 aliphatic rings. The first-order chi connectivity index (χ1) is 8.04. The van der Waals surface area contributed by atoms with Gasteiger partial charge in [-0.15, -0.1) is 0 Å². The van der Waals surface area contributed by atoms with Gasteiger partial charge in [0.2, 0.25) is 0 Å². The van der Waals surface area contributed by atoms with Crippen molar-refractivity contribution in [2.75, 3.05) is 13.7 Å². The zero-order valence-corrected chi connectivity index (χ0v) is 9.21. The summed E-state index contributed by atoms with van der Waals surface area (Å²) < 4.78 is 4.29. The van der Waals surface area contributed by atoms with Crippen LogP contribution in [-0.4, -0.2) is 41.8 Å². The van der Waals surface area contributed by atoms with Gasteiger partial charge in [0, 0.05) is 5.56 Å². The summed E-state index contributed by atoms with van der Waals surface area (Å²) in [5.41, 5.74) is 0.238. The molecule has 6 heteroatoms. The molecule has 17 heavy (non-hydrogen) atoms. The van der Waals surface area contributed by atoms with Crippen LogP contribution in [0.5, 0.6) is 5.75 Å². The third-order valence-corrected chi connectivity index (χ3v) is 2.04. The second-order valence-corrected chi connectivity index (χ2v) is 3.30. The number of esters is 1. The fourth-order valence-electron chi connectivity index (χ4n) is 1.16. The first kappa shape index (κ1) is 13.0. The fourth-order valence-corrected chi connectivity index (χ4v) is 1.16. The number of carbonyl (C=O) groups is 2. The van der Waals surface area contributed by atoms with Gasteiger partial charge < -0.3 is 20.3 Å². The summed E-state index contributed by atoms with van der Waals surface area (Å²) in [6.07, 6.45) is -1.40. The summed E-state index contributed by atoms with van der Waals surface area (Å²) in [6.45, 7) is -0.249. The molecule has 1 rings (SSSR count). The Hall–Kier alpha value is -2.08. The van der Waals surface area contributed by atoms with E-state index in [4.69, 9.17) is 5.11 Å². The van der Waals surface area contributed by atoms with Crippen LogP contribution in [-0.2, 0) is 9.53 Å². The number of aliphatic hydroxyl groups is 1. The third kappa shape index (κ3) is 3.76. The van der Waals surface area contributed by atoms with Gasteiger partial charge in [-0.25, -0.2) is 4.79 Å². The second kappa shape index (κ2) is 5.86. The van der Waals surface area contributed by atoms with Gasteiger partial charge in [-0.3, -0.25) is 4.79 Å². The summed E-state index contributed by atoms with van der Waals surface area (Å²) in [5, 5.41) is 20.7. The van der Waals surface area contributed by atoms with Crippen LogP contribution in [0.2, 0.25) is 0 Å². The van der Waals surface area contributed by atoms with E-state index in [1.54, 1.807) is 0 Å². The van der Waals surface area contributed by atoms with Crippen molar-refractivity contribution in [2.45, 2.75) is 6.10 Å². The maximum Gasteiger partial charge on any atom is 0.336 e. The van der Waals surface area contributed by atoms with Crippen molar-refractivity contribution in [3.8, 4) is 5.75 Å². The van der Waals surface area contributed by atoms with Crippen molar-refractivity contribution in [1.82, 2.24) is 5.32 Å². The summed E-state index contributed by atoms with van der Waals surface area (Å²) in [5.74, 6) is -1.35. The van der Waals surface area contributed by atoms with Crippen molar-refractivity contribution >= 4 is 11.9 Å². The molecule has 0 radical (unpaired) electrons. The molecule has 0 bridgehead atoms. The van der Waals surface area contributed by atoms with E-state index >= 15 is 0 Å². The predicted octanol–water partition coefficient (Wildman–Crippen LogP) is -0.344. The average molecular weight is 239 g/mol. The summed E-state index contributed by atoms with van der Waals surface area (Å²) in [4.78, 5) is 22.4. The Morgan fingerprint density at radius 1 is 1.47 bits per heavy atom. The van der Waals surface area contributed by atoms with Crippen LogP contribution in [0, 0.1) is 0 Å². The lowest BCUT2D eigenvalue weighted by atomic mass is 10.2. The summed E-state index contributed by atoms with van der Waals surface area (Å²) >= 11 is 0. The number of hydrogen-bond donors (Lipinski definition) is 3. The van der Waals surface area contributed by atoms with Crippen molar-refractivity contribution in [3.05, 3.63) is 29.8 Å². The van der Waals surface area contributed by atoms with E-state index in [1.807, 2.05) is 0 Å². The van der Waals surface area contributed by atoms with E-state index in [2.05, 4.69) is 10.1 Å². The highest BCUT2D eigenvalue weighted by molar-refractivity contribution is 5.94. The number of hydrogen-bond acceptors (Lipinski definition) is 5. The average Bonchev–Trinajstić information content (AvgIpc) is 2.34. The molecule has 1 unspecified atom stereocenters. The molecule has 6 nitrogen and oxygen atoms in total. The van der Waals surface area contributed by atoms with E-state index in [0.29, 0.717) is 0 Å². The molecule has 0 spiro atoms. The van der Waals surface area contributed by atoms with E-state index in [0.717, 1.165) is 7.11 Å². The topological polar surface area (TPSA) is 95.9 Å². The van der Waals surface area contributed by atoms with E-state index < -0.39 is 18.0 Å². The Labute approximate surface area is 97.8 Å². The molecule has 0 aliphatic carbocycles. The Balaban J connectivity index is 2.53. The monoisotopic (exact) mass is 239 g/mol. The predicted molar refractivity (Wildman–Crippen MR) is 58.5 cm³/mol. The number of methoxy groups -OCH3 is 1. The third-order valence-electron chi connectivity index (χ3n) is 2.04. The van der Waals surface area contributed by atoms with Crippen molar-refractivity contribution in [2.24, 2.45) is 0 Å². The lowest BCUT2D eigenvalue weighted by Gasteiger charge is -2.09. The van der Waals surface area contributed by atoms with Gasteiger partial charge in [0.05, 0.1) is 13.7 Å². The number of carbonyl (C=O) groups excluding carboxylic acids is 2. The van der Waals surface area contributed by atoms with Crippen LogP contribution in [0.3, 0.4) is 0 Å². The van der Waals surface area contributed by atoms with Crippen LogP contribution in [0.25, 0.3) is 0 Å². The first-order valence-corrected chi connectivity index (χ1v) is 4.87. The van der Waals surface area contributed by atoms with E-state index in [9.17, 15) is 14.7 Å². The van der Waals surface area contributed by atoms with Gasteiger partial charge in [-0.2, -0.15) is 0 Å². The standard InChI is InChI=1S/C11H13NO5/c1-17-11(16)9(14)6-12-10(15)7-3-2-4-8(13)5-7/h2-5,9,13-14H,6H2,1H3,(H,12,15). The largest absolute Gasteiger partial charge is 0.508 e. The lowest BCUT2D eigenvalue weighted by Crippen LogP contribution is -2.37. The molecule has 0 aromatic heterocycles.